The largest absolute Gasteiger partial charge is 0.350 e. The number of hydrogen-bond acceptors (Lipinski definition) is 3. The highest BCUT2D eigenvalue weighted by molar-refractivity contribution is 5.84. The van der Waals surface area contributed by atoms with E-state index in [-0.39, 0.29) is 30.5 Å². The first-order chi connectivity index (χ1) is 10.6. The van der Waals surface area contributed by atoms with E-state index < -0.39 is 0 Å². The van der Waals surface area contributed by atoms with E-state index >= 15 is 0 Å². The van der Waals surface area contributed by atoms with Crippen LogP contribution in [0.25, 0.3) is 0 Å². The quantitative estimate of drug-likeness (QED) is 0.804. The van der Waals surface area contributed by atoms with Gasteiger partial charge in [-0.1, -0.05) is 36.4 Å². The monoisotopic (exact) mass is 299 g/mol. The van der Waals surface area contributed by atoms with E-state index in [1.54, 1.807) is 12.1 Å². The summed E-state index contributed by atoms with van der Waals surface area (Å²) in [7, 11) is 0. The molecule has 0 aliphatic rings. The lowest BCUT2D eigenvalue weighted by Gasteiger charge is -2.08. The van der Waals surface area contributed by atoms with Crippen molar-refractivity contribution in [2.24, 2.45) is 0 Å². The number of pyridine rings is 1. The van der Waals surface area contributed by atoms with Gasteiger partial charge in [-0.05, 0) is 11.6 Å². The molecule has 1 aromatic carbocycles. The Kier molecular flexibility index (Phi) is 5.48. The molecule has 0 unspecified atom stereocenters. The first-order valence-corrected chi connectivity index (χ1v) is 6.88. The van der Waals surface area contributed by atoms with E-state index in [1.165, 1.54) is 16.8 Å². The van der Waals surface area contributed by atoms with Gasteiger partial charge in [-0.2, -0.15) is 0 Å². The zero-order chi connectivity index (χ0) is 15.8. The van der Waals surface area contributed by atoms with Crippen molar-refractivity contribution in [2.45, 2.75) is 13.1 Å². The average molecular weight is 299 g/mol. The number of carbonyl (C=O) groups is 2. The topological polar surface area (TPSA) is 80.2 Å². The van der Waals surface area contributed by atoms with Gasteiger partial charge in [-0.25, -0.2) is 0 Å². The number of nitrogens with one attached hydrogen (secondary N) is 2. The van der Waals surface area contributed by atoms with Gasteiger partial charge in [0.15, 0.2) is 0 Å². The van der Waals surface area contributed by atoms with Gasteiger partial charge >= 0.3 is 0 Å². The maximum absolute atomic E-state index is 11.7. The molecule has 2 aromatic rings. The maximum Gasteiger partial charge on any atom is 0.250 e. The zero-order valence-electron chi connectivity index (χ0n) is 12.0. The highest BCUT2D eigenvalue weighted by Gasteiger charge is 2.06. The Bertz CT molecular complexity index is 695. The van der Waals surface area contributed by atoms with E-state index in [9.17, 15) is 14.4 Å². The molecule has 0 saturated carbocycles. The second-order valence-corrected chi connectivity index (χ2v) is 4.71. The minimum absolute atomic E-state index is 0.106. The predicted octanol–water partition coefficient (Wildman–Crippen LogP) is 0.281. The minimum Gasteiger partial charge on any atom is -0.350 e. The second kappa shape index (κ2) is 7.78. The van der Waals surface area contributed by atoms with Crippen LogP contribution in [0.3, 0.4) is 0 Å². The summed E-state index contributed by atoms with van der Waals surface area (Å²) in [4.78, 5) is 34.8. The molecule has 2 N–H and O–H groups in total. The summed E-state index contributed by atoms with van der Waals surface area (Å²) in [5, 5.41) is 5.19. The van der Waals surface area contributed by atoms with Gasteiger partial charge in [0.1, 0.15) is 6.54 Å². The molecular formula is C16H17N3O3. The highest BCUT2D eigenvalue weighted by atomic mass is 16.2. The minimum atomic E-state index is -0.386. The Morgan fingerprint density at radius 2 is 1.64 bits per heavy atom. The fraction of sp³-hybridized carbons (Fsp3) is 0.188. The van der Waals surface area contributed by atoms with Crippen LogP contribution >= 0.6 is 0 Å². The lowest BCUT2D eigenvalue weighted by Crippen LogP contribution is -2.39. The molecule has 0 fully saturated rings. The van der Waals surface area contributed by atoms with Gasteiger partial charge in [-0.15, -0.1) is 0 Å². The van der Waals surface area contributed by atoms with Gasteiger partial charge < -0.3 is 15.2 Å². The van der Waals surface area contributed by atoms with Crippen LogP contribution in [0, 0.1) is 0 Å². The summed E-state index contributed by atoms with van der Waals surface area (Å²) < 4.78 is 1.28. The molecule has 114 valence electrons. The van der Waals surface area contributed by atoms with Crippen molar-refractivity contribution in [2.75, 3.05) is 6.54 Å². The van der Waals surface area contributed by atoms with Crippen LogP contribution in [-0.2, 0) is 22.7 Å². The molecule has 0 saturated heterocycles. The van der Waals surface area contributed by atoms with E-state index in [2.05, 4.69) is 10.6 Å². The second-order valence-electron chi connectivity index (χ2n) is 4.71. The fourth-order valence-corrected chi connectivity index (χ4v) is 1.84. The van der Waals surface area contributed by atoms with Gasteiger partial charge in [-0.3, -0.25) is 14.4 Å². The average Bonchev–Trinajstić information content (AvgIpc) is 2.54. The van der Waals surface area contributed by atoms with Crippen molar-refractivity contribution in [3.8, 4) is 0 Å². The van der Waals surface area contributed by atoms with Crippen molar-refractivity contribution in [3.05, 3.63) is 70.6 Å². The Labute approximate surface area is 127 Å². The van der Waals surface area contributed by atoms with Gasteiger partial charge in [0, 0.05) is 18.8 Å². The van der Waals surface area contributed by atoms with Crippen LogP contribution < -0.4 is 16.2 Å². The molecule has 0 aliphatic heterocycles. The zero-order valence-corrected chi connectivity index (χ0v) is 12.0. The molecule has 0 atom stereocenters. The Balaban J connectivity index is 1.73. The van der Waals surface area contributed by atoms with Crippen LogP contribution in [0.4, 0.5) is 0 Å². The number of amides is 2. The van der Waals surface area contributed by atoms with Crippen molar-refractivity contribution in [3.63, 3.8) is 0 Å². The van der Waals surface area contributed by atoms with Crippen molar-refractivity contribution in [1.29, 1.82) is 0 Å². The lowest BCUT2D eigenvalue weighted by atomic mass is 10.2. The Morgan fingerprint density at radius 3 is 2.36 bits per heavy atom. The van der Waals surface area contributed by atoms with E-state index in [0.29, 0.717) is 6.54 Å². The Hall–Kier alpha value is -2.89. The molecule has 6 heteroatoms. The van der Waals surface area contributed by atoms with Crippen molar-refractivity contribution in [1.82, 2.24) is 15.2 Å². The maximum atomic E-state index is 11.7. The van der Waals surface area contributed by atoms with Gasteiger partial charge in [0.2, 0.25) is 11.8 Å². The summed E-state index contributed by atoms with van der Waals surface area (Å²) in [5.41, 5.74) is 0.726. The van der Waals surface area contributed by atoms with Crippen LogP contribution in [0.1, 0.15) is 5.56 Å². The highest BCUT2D eigenvalue weighted by Crippen LogP contribution is 1.96. The van der Waals surface area contributed by atoms with E-state index in [1.807, 2.05) is 30.3 Å². The molecule has 0 aliphatic carbocycles. The summed E-state index contributed by atoms with van der Waals surface area (Å²) in [5.74, 6) is -0.666. The molecule has 1 aromatic heterocycles. The third-order valence-electron chi connectivity index (χ3n) is 2.99. The van der Waals surface area contributed by atoms with Gasteiger partial charge in [0.25, 0.3) is 5.56 Å². The summed E-state index contributed by atoms with van der Waals surface area (Å²) >= 11 is 0. The van der Waals surface area contributed by atoms with Crippen LogP contribution in [0.5, 0.6) is 0 Å². The molecule has 2 amide bonds. The molecule has 0 radical (unpaired) electrons. The number of aromatic nitrogens is 1. The molecule has 6 nitrogen and oxygen atoms in total. The molecule has 2 rings (SSSR count). The first kappa shape index (κ1) is 15.5. The van der Waals surface area contributed by atoms with Crippen molar-refractivity contribution >= 4 is 11.8 Å². The SMILES string of the molecule is O=C(CNC(=O)Cn1ccccc1=O)NCc1ccccc1. The molecule has 22 heavy (non-hydrogen) atoms. The number of hydrogen-bond donors (Lipinski definition) is 2. The van der Waals surface area contributed by atoms with Crippen LogP contribution in [0.2, 0.25) is 0 Å². The normalized spacial score (nSPS) is 10.0. The summed E-state index contributed by atoms with van der Waals surface area (Å²) in [6.45, 7) is 0.187. The summed E-state index contributed by atoms with van der Waals surface area (Å²) in [6.07, 6.45) is 1.53. The van der Waals surface area contributed by atoms with Gasteiger partial charge in [0.05, 0.1) is 6.54 Å². The first-order valence-electron chi connectivity index (χ1n) is 6.88. The summed E-state index contributed by atoms with van der Waals surface area (Å²) in [6, 6.07) is 14.1. The molecule has 1 heterocycles. The van der Waals surface area contributed by atoms with Crippen molar-refractivity contribution < 1.29 is 9.59 Å². The smallest absolute Gasteiger partial charge is 0.250 e. The third kappa shape index (κ3) is 4.90. The third-order valence-corrected chi connectivity index (χ3v) is 2.99. The molecule has 0 bridgehead atoms. The number of carbonyl (C=O) groups excluding carboxylic acids is 2. The van der Waals surface area contributed by atoms with Crippen LogP contribution in [0.15, 0.2) is 59.5 Å². The number of nitrogens with zero attached hydrogens (tertiary/aromatic N) is 1. The number of rotatable bonds is 6. The van der Waals surface area contributed by atoms with E-state index in [4.69, 9.17) is 0 Å². The number of benzene rings is 1. The molecule has 0 spiro atoms. The standard InChI is InChI=1S/C16H17N3O3/c20-14(17-10-13-6-2-1-3-7-13)11-18-15(21)12-19-9-5-4-8-16(19)22/h1-9H,10-12H2,(H,17,20)(H,18,21). The van der Waals surface area contributed by atoms with E-state index in [0.717, 1.165) is 5.56 Å². The Morgan fingerprint density at radius 1 is 0.909 bits per heavy atom. The predicted molar refractivity (Wildman–Crippen MR) is 82.0 cm³/mol. The van der Waals surface area contributed by atoms with Crippen LogP contribution in [-0.4, -0.2) is 22.9 Å². The lowest BCUT2D eigenvalue weighted by molar-refractivity contribution is -0.126. The molecular weight excluding hydrogens is 282 g/mol. The fourth-order valence-electron chi connectivity index (χ4n) is 1.84.